The van der Waals surface area contributed by atoms with Crippen molar-refractivity contribution in [3.8, 4) is 17.0 Å². The molecule has 2 aromatic rings. The second kappa shape index (κ2) is 7.53. The fraction of sp³-hybridized carbons (Fsp3) is 0.450. The first-order chi connectivity index (χ1) is 13.2. The molecule has 8 nitrogen and oxygen atoms in total. The summed E-state index contributed by atoms with van der Waals surface area (Å²) in [6, 6.07) is 8.82. The molecule has 1 amide bonds. The second-order valence-electron chi connectivity index (χ2n) is 7.99. The Labute approximate surface area is 164 Å². The monoisotopic (exact) mass is 385 g/mol. The lowest BCUT2D eigenvalue weighted by Gasteiger charge is -2.41. The van der Waals surface area contributed by atoms with Gasteiger partial charge in [0.05, 0.1) is 11.4 Å². The van der Waals surface area contributed by atoms with Gasteiger partial charge in [0, 0.05) is 31.2 Å². The zero-order chi connectivity index (χ0) is 20.5. The number of amides is 1. The molecule has 3 rings (SSSR count). The number of anilines is 2. The molecule has 1 fully saturated rings. The molecular weight excluding hydrogens is 358 g/mol. The summed E-state index contributed by atoms with van der Waals surface area (Å²) in [5.41, 5.74) is 7.45. The van der Waals surface area contributed by atoms with Crippen molar-refractivity contribution in [3.63, 3.8) is 0 Å². The maximum atomic E-state index is 12.4. The lowest BCUT2D eigenvalue weighted by Crippen LogP contribution is -2.54. The zero-order valence-corrected chi connectivity index (χ0v) is 16.7. The number of hydrogen-bond donors (Lipinski definition) is 2. The predicted octanol–water partition coefficient (Wildman–Crippen LogP) is 2.88. The minimum Gasteiger partial charge on any atom is -0.507 e. The Morgan fingerprint density at radius 3 is 2.61 bits per heavy atom. The van der Waals surface area contributed by atoms with Crippen LogP contribution in [0.5, 0.6) is 5.75 Å². The standard InChI is InChI=1S/C20H27N5O3/c1-13-12-24(19(27)28-20(2,3)4)9-10-25(13)16-11-15(22-23-18(16)21)14-7-5-6-8-17(14)26/h5-8,11,13,26H,9-10,12H2,1-4H3,(H2,21,23)/t13-/m0/s1. The van der Waals surface area contributed by atoms with E-state index >= 15 is 0 Å². The zero-order valence-electron chi connectivity index (χ0n) is 16.7. The predicted molar refractivity (Wildman–Crippen MR) is 108 cm³/mol. The molecule has 1 atom stereocenters. The molecule has 0 bridgehead atoms. The Hall–Kier alpha value is -3.03. The summed E-state index contributed by atoms with van der Waals surface area (Å²) >= 11 is 0. The third-order valence-electron chi connectivity index (χ3n) is 4.57. The first-order valence-corrected chi connectivity index (χ1v) is 9.32. The Morgan fingerprint density at radius 2 is 1.96 bits per heavy atom. The van der Waals surface area contributed by atoms with Crippen LogP contribution in [-0.2, 0) is 4.74 Å². The molecular formula is C20H27N5O3. The average Bonchev–Trinajstić information content (AvgIpc) is 2.61. The van der Waals surface area contributed by atoms with E-state index < -0.39 is 5.60 Å². The average molecular weight is 385 g/mol. The van der Waals surface area contributed by atoms with Crippen LogP contribution in [0, 0.1) is 0 Å². The number of nitrogens with zero attached hydrogens (tertiary/aromatic N) is 4. The molecule has 0 aliphatic carbocycles. The molecule has 150 valence electrons. The maximum Gasteiger partial charge on any atom is 0.410 e. The summed E-state index contributed by atoms with van der Waals surface area (Å²) in [5.74, 6) is 0.451. The number of rotatable bonds is 2. The van der Waals surface area contributed by atoms with E-state index in [0.717, 1.165) is 5.69 Å². The summed E-state index contributed by atoms with van der Waals surface area (Å²) in [6.45, 7) is 9.22. The molecule has 0 saturated carbocycles. The van der Waals surface area contributed by atoms with Gasteiger partial charge in [-0.2, -0.15) is 0 Å². The van der Waals surface area contributed by atoms with Crippen molar-refractivity contribution in [2.24, 2.45) is 0 Å². The SMILES string of the molecule is C[C@H]1CN(C(=O)OC(C)(C)C)CCN1c1cc(-c2ccccc2O)nnc1N. The van der Waals surface area contributed by atoms with Crippen LogP contribution in [0.1, 0.15) is 27.7 Å². The van der Waals surface area contributed by atoms with Crippen molar-refractivity contribution >= 4 is 17.6 Å². The number of benzene rings is 1. The number of carbonyl (C=O) groups excluding carboxylic acids is 1. The number of carbonyl (C=O) groups is 1. The lowest BCUT2D eigenvalue weighted by molar-refractivity contribution is 0.0219. The topological polar surface area (TPSA) is 105 Å². The van der Waals surface area contributed by atoms with Crippen molar-refractivity contribution < 1.29 is 14.6 Å². The lowest BCUT2D eigenvalue weighted by atomic mass is 10.1. The summed E-state index contributed by atoms with van der Waals surface area (Å²) in [4.78, 5) is 16.2. The van der Waals surface area contributed by atoms with Crippen molar-refractivity contribution in [2.45, 2.75) is 39.3 Å². The number of phenols is 1. The van der Waals surface area contributed by atoms with Crippen LogP contribution in [0.3, 0.4) is 0 Å². The number of phenolic OH excluding ortho intramolecular Hbond substituents is 1. The van der Waals surface area contributed by atoms with Gasteiger partial charge in [-0.3, -0.25) is 0 Å². The highest BCUT2D eigenvalue weighted by molar-refractivity contribution is 5.75. The van der Waals surface area contributed by atoms with Gasteiger partial charge < -0.3 is 25.4 Å². The van der Waals surface area contributed by atoms with Crippen molar-refractivity contribution in [2.75, 3.05) is 30.3 Å². The van der Waals surface area contributed by atoms with E-state index in [2.05, 4.69) is 15.1 Å². The second-order valence-corrected chi connectivity index (χ2v) is 7.99. The first-order valence-electron chi connectivity index (χ1n) is 9.32. The summed E-state index contributed by atoms with van der Waals surface area (Å²) in [7, 11) is 0. The quantitative estimate of drug-likeness (QED) is 0.819. The fourth-order valence-corrected chi connectivity index (χ4v) is 3.25. The van der Waals surface area contributed by atoms with Gasteiger partial charge in [-0.1, -0.05) is 12.1 Å². The minimum absolute atomic E-state index is 0.0185. The third-order valence-corrected chi connectivity index (χ3v) is 4.57. The Kier molecular flexibility index (Phi) is 5.31. The molecule has 2 heterocycles. The van der Waals surface area contributed by atoms with Crippen molar-refractivity contribution in [3.05, 3.63) is 30.3 Å². The number of nitrogen functional groups attached to an aromatic ring is 1. The highest BCUT2D eigenvalue weighted by Gasteiger charge is 2.31. The number of hydrogen-bond acceptors (Lipinski definition) is 7. The van der Waals surface area contributed by atoms with Crippen LogP contribution in [0.2, 0.25) is 0 Å². The van der Waals surface area contributed by atoms with Crippen molar-refractivity contribution in [1.82, 2.24) is 15.1 Å². The first kappa shape index (κ1) is 19.7. The Morgan fingerprint density at radius 1 is 1.25 bits per heavy atom. The molecule has 28 heavy (non-hydrogen) atoms. The molecule has 0 radical (unpaired) electrons. The molecule has 1 aromatic carbocycles. The number of aromatic nitrogens is 2. The molecule has 1 aliphatic heterocycles. The number of nitrogens with two attached hydrogens (primary N) is 1. The van der Waals surface area contributed by atoms with E-state index in [1.54, 1.807) is 23.1 Å². The highest BCUT2D eigenvalue weighted by atomic mass is 16.6. The number of ether oxygens (including phenoxy) is 1. The van der Waals surface area contributed by atoms with Gasteiger partial charge >= 0.3 is 6.09 Å². The number of para-hydroxylation sites is 1. The van der Waals surface area contributed by atoms with Gasteiger partial charge in [-0.05, 0) is 45.9 Å². The van der Waals surface area contributed by atoms with Gasteiger partial charge in [-0.25, -0.2) is 4.79 Å². The molecule has 1 saturated heterocycles. The van der Waals surface area contributed by atoms with E-state index in [1.807, 2.05) is 39.8 Å². The van der Waals surface area contributed by atoms with Crippen LogP contribution >= 0.6 is 0 Å². The van der Waals surface area contributed by atoms with E-state index in [4.69, 9.17) is 10.5 Å². The summed E-state index contributed by atoms with van der Waals surface area (Å²) in [5, 5.41) is 18.3. The highest BCUT2D eigenvalue weighted by Crippen LogP contribution is 2.32. The largest absolute Gasteiger partial charge is 0.507 e. The fourth-order valence-electron chi connectivity index (χ4n) is 3.25. The van der Waals surface area contributed by atoms with Gasteiger partial charge in [0.2, 0.25) is 0 Å². The molecule has 1 aromatic heterocycles. The van der Waals surface area contributed by atoms with E-state index in [1.165, 1.54) is 0 Å². The molecule has 0 spiro atoms. The van der Waals surface area contributed by atoms with E-state index in [-0.39, 0.29) is 17.9 Å². The minimum atomic E-state index is -0.524. The van der Waals surface area contributed by atoms with Crippen LogP contribution in [0.15, 0.2) is 30.3 Å². The Bertz CT molecular complexity index is 865. The van der Waals surface area contributed by atoms with Gasteiger partial charge in [0.25, 0.3) is 0 Å². The van der Waals surface area contributed by atoms with E-state index in [0.29, 0.717) is 36.7 Å². The van der Waals surface area contributed by atoms with Gasteiger partial charge in [0.1, 0.15) is 11.4 Å². The van der Waals surface area contributed by atoms with Crippen molar-refractivity contribution in [1.29, 1.82) is 0 Å². The van der Waals surface area contributed by atoms with Crippen LogP contribution in [0.4, 0.5) is 16.3 Å². The van der Waals surface area contributed by atoms with Crippen LogP contribution < -0.4 is 10.6 Å². The van der Waals surface area contributed by atoms with E-state index in [9.17, 15) is 9.90 Å². The summed E-state index contributed by atoms with van der Waals surface area (Å²) in [6.07, 6.45) is -0.310. The van der Waals surface area contributed by atoms with Crippen LogP contribution in [-0.4, -0.2) is 57.6 Å². The number of aromatic hydroxyl groups is 1. The van der Waals surface area contributed by atoms with Gasteiger partial charge in [0.15, 0.2) is 5.82 Å². The molecule has 1 aliphatic rings. The summed E-state index contributed by atoms with van der Waals surface area (Å²) < 4.78 is 5.47. The molecule has 0 unspecified atom stereocenters. The smallest absolute Gasteiger partial charge is 0.410 e. The Balaban J connectivity index is 1.80. The van der Waals surface area contributed by atoms with Crippen LogP contribution in [0.25, 0.3) is 11.3 Å². The number of piperazine rings is 1. The third kappa shape index (κ3) is 4.27. The van der Waals surface area contributed by atoms with Gasteiger partial charge in [-0.15, -0.1) is 10.2 Å². The molecule has 3 N–H and O–H groups in total. The maximum absolute atomic E-state index is 12.4. The normalized spacial score (nSPS) is 17.5. The molecule has 8 heteroatoms.